The lowest BCUT2D eigenvalue weighted by Crippen LogP contribution is -2.57. The van der Waals surface area contributed by atoms with E-state index in [1.54, 1.807) is 27.7 Å². The molecule has 0 saturated carbocycles. The average molecular weight is 557 g/mol. The number of carbonyl (C=O) groups excluding carboxylic acids is 5. The largest absolute Gasteiger partial charge is 0.379 e. The summed E-state index contributed by atoms with van der Waals surface area (Å²) in [5.41, 5.74) is 8.17. The van der Waals surface area contributed by atoms with Crippen LogP contribution in [-0.4, -0.2) is 93.2 Å². The smallest absolute Gasteiger partial charge is 0.243 e. The second kappa shape index (κ2) is 21.5. The lowest BCUT2D eigenvalue weighted by Gasteiger charge is -2.25. The van der Waals surface area contributed by atoms with Crippen LogP contribution in [-0.2, 0) is 33.4 Å². The summed E-state index contributed by atoms with van der Waals surface area (Å²) in [6.07, 6.45) is 1.22. The first-order valence-electron chi connectivity index (χ1n) is 13.3. The molecule has 0 aromatic carbocycles. The van der Waals surface area contributed by atoms with Gasteiger partial charge >= 0.3 is 0 Å². The fourth-order valence-electron chi connectivity index (χ4n) is 3.32. The predicted octanol–water partition coefficient (Wildman–Crippen LogP) is 0.0452. The molecule has 5 N–H and O–H groups in total. The van der Waals surface area contributed by atoms with Gasteiger partial charge in [-0.05, 0) is 31.2 Å². The Morgan fingerprint density at radius 2 is 1.08 bits per heavy atom. The molecule has 0 radical (unpaired) electrons. The van der Waals surface area contributed by atoms with E-state index in [1.807, 2.05) is 0 Å². The quantitative estimate of drug-likeness (QED) is 0.0566. The first-order chi connectivity index (χ1) is 18.6. The Morgan fingerprint density at radius 1 is 0.667 bits per heavy atom. The summed E-state index contributed by atoms with van der Waals surface area (Å²) in [6, 6.07) is -3.39. The van der Waals surface area contributed by atoms with Crippen LogP contribution in [0.25, 0.3) is 10.4 Å². The Balaban J connectivity index is 4.68. The highest BCUT2D eigenvalue weighted by molar-refractivity contribution is 5.95. The van der Waals surface area contributed by atoms with E-state index in [-0.39, 0.29) is 44.4 Å². The van der Waals surface area contributed by atoms with Crippen molar-refractivity contribution in [3.8, 4) is 0 Å². The first kappa shape index (κ1) is 35.6. The van der Waals surface area contributed by atoms with E-state index < -0.39 is 41.9 Å². The number of nitrogens with one attached hydrogen (secondary N) is 5. The standard InChI is InChI=1S/C24H44N8O7/c1-6-17(21(34)26-10-12-38-14-15-39-13-11-27-32-25)29-23(36)19(8-3)31-24(37)20(9-4)30-22(35)18(7-2)28-16(5)33/h17-20H,6-15H2,1-5H3,(H,26,34)(H,28,33)(H,29,36)(H,30,35)(H,31,37)/t17-,18-,19-,20-/m0/s1. The number of hydrogen-bond donors (Lipinski definition) is 5. The Morgan fingerprint density at radius 3 is 1.49 bits per heavy atom. The van der Waals surface area contributed by atoms with Gasteiger partial charge in [0.25, 0.3) is 0 Å². The summed E-state index contributed by atoms with van der Waals surface area (Å²) in [4.78, 5) is 64.6. The van der Waals surface area contributed by atoms with Crippen molar-refractivity contribution in [2.75, 3.05) is 39.5 Å². The maximum absolute atomic E-state index is 12.8. The van der Waals surface area contributed by atoms with Crippen LogP contribution in [0.2, 0.25) is 0 Å². The molecule has 0 fully saturated rings. The average Bonchev–Trinajstić information content (AvgIpc) is 2.92. The molecule has 4 atom stereocenters. The molecule has 0 saturated heterocycles. The SMILES string of the molecule is CC[C@H](NC(C)=O)C(=O)N[C@@H](CC)C(=O)N[C@@H](CC)C(=O)N[C@@H](CC)C(=O)NCCOCCOCCN=[N+]=[N-]. The highest BCUT2D eigenvalue weighted by Gasteiger charge is 2.29. The van der Waals surface area contributed by atoms with E-state index in [1.165, 1.54) is 6.92 Å². The zero-order valence-corrected chi connectivity index (χ0v) is 23.6. The second-order valence-electron chi connectivity index (χ2n) is 8.54. The fraction of sp³-hybridized carbons (Fsp3) is 0.792. The maximum Gasteiger partial charge on any atom is 0.243 e. The molecule has 0 rings (SSSR count). The molecule has 0 aliphatic rings. The van der Waals surface area contributed by atoms with E-state index in [0.29, 0.717) is 32.7 Å². The number of rotatable bonds is 21. The molecular formula is C24H44N8O7. The third kappa shape index (κ3) is 15.6. The Labute approximate surface area is 229 Å². The van der Waals surface area contributed by atoms with Gasteiger partial charge in [-0.3, -0.25) is 24.0 Å². The van der Waals surface area contributed by atoms with Gasteiger partial charge in [0.15, 0.2) is 0 Å². The molecule has 0 unspecified atom stereocenters. The number of azide groups is 1. The number of ether oxygens (including phenoxy) is 2. The second-order valence-corrected chi connectivity index (χ2v) is 8.54. The molecule has 15 heteroatoms. The van der Waals surface area contributed by atoms with Gasteiger partial charge in [-0.1, -0.05) is 32.8 Å². The Kier molecular flexibility index (Phi) is 19.6. The number of nitrogens with zero attached hydrogens (tertiary/aromatic N) is 3. The first-order valence-corrected chi connectivity index (χ1v) is 13.3. The molecule has 0 aromatic rings. The van der Waals surface area contributed by atoms with E-state index in [0.717, 1.165) is 0 Å². The third-order valence-corrected chi connectivity index (χ3v) is 5.54. The zero-order chi connectivity index (χ0) is 29.6. The molecular weight excluding hydrogens is 512 g/mol. The van der Waals surface area contributed by atoms with Gasteiger partial charge in [0.05, 0.1) is 26.4 Å². The minimum absolute atomic E-state index is 0.229. The lowest BCUT2D eigenvalue weighted by atomic mass is 10.1. The van der Waals surface area contributed by atoms with Crippen molar-refractivity contribution in [1.29, 1.82) is 0 Å². The molecule has 39 heavy (non-hydrogen) atoms. The van der Waals surface area contributed by atoms with Crippen molar-refractivity contribution >= 4 is 29.5 Å². The van der Waals surface area contributed by atoms with Crippen LogP contribution in [0.5, 0.6) is 0 Å². The van der Waals surface area contributed by atoms with Crippen molar-refractivity contribution in [1.82, 2.24) is 26.6 Å². The number of amides is 5. The summed E-state index contributed by atoms with van der Waals surface area (Å²) in [6.45, 7) is 9.86. The summed E-state index contributed by atoms with van der Waals surface area (Å²) in [7, 11) is 0. The Bertz CT molecular complexity index is 835. The molecule has 15 nitrogen and oxygen atoms in total. The summed E-state index contributed by atoms with van der Waals surface area (Å²) >= 11 is 0. The van der Waals surface area contributed by atoms with E-state index in [9.17, 15) is 24.0 Å². The Hall–Kier alpha value is -3.42. The molecule has 222 valence electrons. The van der Waals surface area contributed by atoms with Crippen molar-refractivity contribution in [2.45, 2.75) is 84.5 Å². The van der Waals surface area contributed by atoms with Crippen LogP contribution in [0.4, 0.5) is 0 Å². The van der Waals surface area contributed by atoms with Gasteiger partial charge in [-0.2, -0.15) is 0 Å². The molecule has 0 spiro atoms. The van der Waals surface area contributed by atoms with Gasteiger partial charge in [-0.25, -0.2) is 0 Å². The van der Waals surface area contributed by atoms with Gasteiger partial charge in [0.2, 0.25) is 29.5 Å². The number of carbonyl (C=O) groups is 5. The topological polar surface area (TPSA) is 213 Å². The molecule has 0 aliphatic heterocycles. The zero-order valence-electron chi connectivity index (χ0n) is 23.6. The normalized spacial score (nSPS) is 13.6. The molecule has 0 heterocycles. The highest BCUT2D eigenvalue weighted by Crippen LogP contribution is 2.01. The van der Waals surface area contributed by atoms with Crippen LogP contribution in [0.3, 0.4) is 0 Å². The van der Waals surface area contributed by atoms with Gasteiger partial charge in [0, 0.05) is 24.9 Å². The van der Waals surface area contributed by atoms with Crippen molar-refractivity contribution in [3.05, 3.63) is 10.4 Å². The number of hydrogen-bond acceptors (Lipinski definition) is 8. The van der Waals surface area contributed by atoms with Crippen LogP contribution in [0, 0.1) is 0 Å². The minimum atomic E-state index is -0.912. The third-order valence-electron chi connectivity index (χ3n) is 5.54. The molecule has 0 aromatic heterocycles. The van der Waals surface area contributed by atoms with Gasteiger partial charge < -0.3 is 36.1 Å². The minimum Gasteiger partial charge on any atom is -0.379 e. The van der Waals surface area contributed by atoms with Crippen LogP contribution in [0.15, 0.2) is 5.11 Å². The van der Waals surface area contributed by atoms with E-state index >= 15 is 0 Å². The van der Waals surface area contributed by atoms with Crippen molar-refractivity contribution in [2.24, 2.45) is 5.11 Å². The van der Waals surface area contributed by atoms with Crippen LogP contribution in [0.1, 0.15) is 60.3 Å². The predicted molar refractivity (Wildman–Crippen MR) is 143 cm³/mol. The maximum atomic E-state index is 12.8. The summed E-state index contributed by atoms with van der Waals surface area (Å²) in [5.74, 6) is -2.29. The fourth-order valence-corrected chi connectivity index (χ4v) is 3.32. The van der Waals surface area contributed by atoms with Crippen molar-refractivity contribution < 1.29 is 33.4 Å². The summed E-state index contributed by atoms with van der Waals surface area (Å²) in [5, 5.41) is 16.5. The van der Waals surface area contributed by atoms with Crippen molar-refractivity contribution in [3.63, 3.8) is 0 Å². The lowest BCUT2D eigenvalue weighted by molar-refractivity contribution is -0.134. The van der Waals surface area contributed by atoms with Crippen LogP contribution < -0.4 is 26.6 Å². The van der Waals surface area contributed by atoms with Crippen LogP contribution >= 0.6 is 0 Å². The molecule has 0 bridgehead atoms. The molecule has 5 amide bonds. The molecule has 0 aliphatic carbocycles. The monoisotopic (exact) mass is 556 g/mol. The van der Waals surface area contributed by atoms with E-state index in [4.69, 9.17) is 15.0 Å². The summed E-state index contributed by atoms with van der Waals surface area (Å²) < 4.78 is 10.6. The van der Waals surface area contributed by atoms with Gasteiger partial charge in [-0.15, -0.1) is 0 Å². The highest BCUT2D eigenvalue weighted by atomic mass is 16.5. The van der Waals surface area contributed by atoms with Gasteiger partial charge in [0.1, 0.15) is 24.2 Å². The van der Waals surface area contributed by atoms with E-state index in [2.05, 4.69) is 36.6 Å².